The van der Waals surface area contributed by atoms with Gasteiger partial charge >= 0.3 is 17.5 Å². The second kappa shape index (κ2) is 7.97. The van der Waals surface area contributed by atoms with Crippen molar-refractivity contribution in [3.8, 4) is 5.88 Å². The van der Waals surface area contributed by atoms with E-state index in [0.717, 1.165) is 17.7 Å². The van der Waals surface area contributed by atoms with Gasteiger partial charge in [-0.15, -0.1) is 0 Å². The van der Waals surface area contributed by atoms with Crippen LogP contribution in [0.4, 0.5) is 5.69 Å². The third-order valence-corrected chi connectivity index (χ3v) is 9.62. The summed E-state index contributed by atoms with van der Waals surface area (Å²) in [6, 6.07) is 0. The quantitative estimate of drug-likeness (QED) is 0.271. The molecule has 0 aromatic carbocycles. The summed E-state index contributed by atoms with van der Waals surface area (Å²) in [6.45, 7) is 13.0. The third kappa shape index (κ3) is 5.29. The average molecular weight is 400 g/mol. The average Bonchev–Trinajstić information content (AvgIpc) is 3.32. The van der Waals surface area contributed by atoms with Crippen LogP contribution in [0.5, 0.6) is 5.88 Å². The van der Waals surface area contributed by atoms with E-state index in [4.69, 9.17) is 14.0 Å². The molecule has 10 heteroatoms. The molecule has 0 amide bonds. The van der Waals surface area contributed by atoms with Crippen molar-refractivity contribution in [2.24, 2.45) is 5.92 Å². The summed E-state index contributed by atoms with van der Waals surface area (Å²) in [5.74, 6) is -0.706. The molecule has 1 aliphatic carbocycles. The Labute approximate surface area is 160 Å². The fraction of sp³-hybridized carbons (Fsp3) is 0.765. The highest BCUT2D eigenvalue weighted by atomic mass is 28.4. The van der Waals surface area contributed by atoms with Crippen molar-refractivity contribution in [3.63, 3.8) is 0 Å². The molecule has 1 aromatic heterocycles. The van der Waals surface area contributed by atoms with Gasteiger partial charge in [-0.25, -0.2) is 4.79 Å². The molecule has 0 spiro atoms. The Hall–Kier alpha value is -1.94. The standard InChI is InChI=1S/C17H29N3O6Si/c1-12-14(20(22)23)15(18-19(12)26-16(21)13-8-9-13)24-10-7-11-25-27(5,6)17(2,3)4/h13H,7-11H2,1-6H3. The molecular weight excluding hydrogens is 370 g/mol. The smallest absolute Gasteiger partial charge is 0.356 e. The van der Waals surface area contributed by atoms with Gasteiger partial charge in [-0.2, -0.15) is 0 Å². The maximum Gasteiger partial charge on any atom is 0.356 e. The van der Waals surface area contributed by atoms with Gasteiger partial charge in [0.05, 0.1) is 17.4 Å². The van der Waals surface area contributed by atoms with Crippen molar-refractivity contribution in [1.29, 1.82) is 0 Å². The van der Waals surface area contributed by atoms with E-state index in [2.05, 4.69) is 39.0 Å². The predicted octanol–water partition coefficient (Wildman–Crippen LogP) is 3.26. The molecule has 0 atom stereocenters. The number of aromatic nitrogens is 2. The molecule has 0 N–H and O–H groups in total. The highest BCUT2D eigenvalue weighted by Crippen LogP contribution is 2.36. The number of ether oxygens (including phenoxy) is 1. The Balaban J connectivity index is 1.93. The van der Waals surface area contributed by atoms with E-state index in [1.165, 1.54) is 6.92 Å². The fourth-order valence-electron chi connectivity index (χ4n) is 2.10. The van der Waals surface area contributed by atoms with Crippen LogP contribution in [-0.4, -0.2) is 42.4 Å². The molecule has 0 bridgehead atoms. The Morgan fingerprint density at radius 1 is 1.33 bits per heavy atom. The first-order valence-electron chi connectivity index (χ1n) is 9.17. The van der Waals surface area contributed by atoms with Crippen LogP contribution in [0.2, 0.25) is 18.1 Å². The van der Waals surface area contributed by atoms with E-state index in [-0.39, 0.29) is 34.8 Å². The third-order valence-electron chi connectivity index (χ3n) is 5.08. The molecule has 9 nitrogen and oxygen atoms in total. The lowest BCUT2D eigenvalue weighted by molar-refractivity contribution is -0.386. The van der Waals surface area contributed by atoms with Gasteiger partial charge in [0.15, 0.2) is 14.0 Å². The minimum absolute atomic E-state index is 0.119. The summed E-state index contributed by atoms with van der Waals surface area (Å²) in [5, 5.41) is 15.4. The first kappa shape index (κ1) is 21.4. The minimum atomic E-state index is -1.83. The molecule has 0 unspecified atom stereocenters. The van der Waals surface area contributed by atoms with Crippen LogP contribution in [-0.2, 0) is 9.22 Å². The summed E-state index contributed by atoms with van der Waals surface area (Å²) in [5.41, 5.74) is -0.162. The lowest BCUT2D eigenvalue weighted by Crippen LogP contribution is -2.41. The van der Waals surface area contributed by atoms with Crippen LogP contribution in [0.1, 0.15) is 45.7 Å². The lowest BCUT2D eigenvalue weighted by Gasteiger charge is -2.36. The molecule has 1 aliphatic rings. The number of carbonyl (C=O) groups is 1. The van der Waals surface area contributed by atoms with E-state index in [0.29, 0.717) is 13.0 Å². The molecule has 152 valence electrons. The molecular formula is C17H29N3O6Si. The molecule has 2 rings (SSSR count). The van der Waals surface area contributed by atoms with Gasteiger partial charge in [-0.05, 0) is 37.9 Å². The second-order valence-corrected chi connectivity index (χ2v) is 13.2. The molecule has 0 saturated heterocycles. The fourth-order valence-corrected chi connectivity index (χ4v) is 3.18. The molecule has 0 radical (unpaired) electrons. The van der Waals surface area contributed by atoms with Gasteiger partial charge in [0.2, 0.25) is 0 Å². The molecule has 1 heterocycles. The summed E-state index contributed by atoms with van der Waals surface area (Å²) in [6.07, 6.45) is 2.13. The van der Waals surface area contributed by atoms with E-state index >= 15 is 0 Å². The number of nitrogens with zero attached hydrogens (tertiary/aromatic N) is 3. The van der Waals surface area contributed by atoms with E-state index < -0.39 is 19.2 Å². The van der Waals surface area contributed by atoms with E-state index in [1.54, 1.807) is 0 Å². The number of nitro groups is 1. The Morgan fingerprint density at radius 2 is 1.96 bits per heavy atom. The number of hydrogen-bond acceptors (Lipinski definition) is 7. The SMILES string of the molecule is Cc1c([N+](=O)[O-])c(OCCCO[Si](C)(C)C(C)(C)C)nn1OC(=O)C1CC1. The summed E-state index contributed by atoms with van der Waals surface area (Å²) < 4.78 is 11.5. The number of carbonyl (C=O) groups excluding carboxylic acids is 1. The topological polar surface area (TPSA) is 106 Å². The zero-order valence-electron chi connectivity index (χ0n) is 16.9. The van der Waals surface area contributed by atoms with E-state index in [1.807, 2.05) is 0 Å². The normalized spacial score (nSPS) is 14.9. The van der Waals surface area contributed by atoms with Crippen molar-refractivity contribution in [2.75, 3.05) is 13.2 Å². The maximum atomic E-state index is 11.8. The van der Waals surface area contributed by atoms with E-state index in [9.17, 15) is 14.9 Å². The van der Waals surface area contributed by atoms with Crippen LogP contribution in [0, 0.1) is 23.0 Å². The predicted molar refractivity (Wildman–Crippen MR) is 101 cm³/mol. The maximum absolute atomic E-state index is 11.8. The monoisotopic (exact) mass is 399 g/mol. The van der Waals surface area contributed by atoms with Crippen molar-refractivity contribution in [1.82, 2.24) is 9.94 Å². The van der Waals surface area contributed by atoms with Crippen LogP contribution >= 0.6 is 0 Å². The van der Waals surface area contributed by atoms with Crippen LogP contribution < -0.4 is 9.57 Å². The lowest BCUT2D eigenvalue weighted by atomic mass is 10.2. The summed E-state index contributed by atoms with van der Waals surface area (Å²) in [7, 11) is -1.83. The molecule has 1 fully saturated rings. The van der Waals surface area contributed by atoms with Crippen molar-refractivity contribution in [2.45, 2.75) is 65.1 Å². The molecule has 1 aromatic rings. The second-order valence-electron chi connectivity index (χ2n) is 8.36. The van der Waals surface area contributed by atoms with Gasteiger partial charge in [0, 0.05) is 13.0 Å². The van der Waals surface area contributed by atoms with Crippen LogP contribution in [0.15, 0.2) is 0 Å². The van der Waals surface area contributed by atoms with Gasteiger partial charge in [-0.3, -0.25) is 10.1 Å². The first-order valence-corrected chi connectivity index (χ1v) is 12.1. The van der Waals surface area contributed by atoms with Crippen LogP contribution in [0.3, 0.4) is 0 Å². The largest absolute Gasteiger partial charge is 0.472 e. The Kier molecular flexibility index (Phi) is 6.30. The van der Waals surface area contributed by atoms with Gasteiger partial charge < -0.3 is 14.0 Å². The Morgan fingerprint density at radius 3 is 2.48 bits per heavy atom. The summed E-state index contributed by atoms with van der Waals surface area (Å²) >= 11 is 0. The van der Waals surface area contributed by atoms with Crippen molar-refractivity contribution in [3.05, 3.63) is 15.8 Å². The van der Waals surface area contributed by atoms with Crippen molar-refractivity contribution < 1.29 is 23.7 Å². The Bertz CT molecular complexity index is 706. The molecule has 27 heavy (non-hydrogen) atoms. The molecule has 0 aliphatic heterocycles. The first-order chi connectivity index (χ1) is 12.4. The van der Waals surface area contributed by atoms with Gasteiger partial charge in [0.25, 0.3) is 0 Å². The zero-order valence-corrected chi connectivity index (χ0v) is 17.9. The van der Waals surface area contributed by atoms with Crippen molar-refractivity contribution >= 4 is 20.0 Å². The number of rotatable bonds is 9. The highest BCUT2D eigenvalue weighted by molar-refractivity contribution is 6.74. The summed E-state index contributed by atoms with van der Waals surface area (Å²) in [4.78, 5) is 28.5. The van der Waals surface area contributed by atoms with Gasteiger partial charge in [-0.1, -0.05) is 30.7 Å². The van der Waals surface area contributed by atoms with Gasteiger partial charge in [0.1, 0.15) is 0 Å². The molecule has 1 saturated carbocycles. The highest BCUT2D eigenvalue weighted by Gasteiger charge is 2.37. The van der Waals surface area contributed by atoms with Crippen LogP contribution in [0.25, 0.3) is 0 Å². The zero-order chi connectivity index (χ0) is 20.4. The minimum Gasteiger partial charge on any atom is -0.472 e. The number of hydrogen-bond donors (Lipinski definition) is 0.